The van der Waals surface area contributed by atoms with Crippen LogP contribution in [0.1, 0.15) is 12.0 Å². The van der Waals surface area contributed by atoms with Gasteiger partial charge in [0.05, 0.1) is 13.2 Å². The summed E-state index contributed by atoms with van der Waals surface area (Å²) in [7, 11) is 0. The molecule has 106 valence electrons. The molecule has 0 saturated carbocycles. The Morgan fingerprint density at radius 1 is 1.05 bits per heavy atom. The van der Waals surface area contributed by atoms with Crippen LogP contribution in [0.4, 0.5) is 10.1 Å². The Morgan fingerprint density at radius 2 is 1.89 bits per heavy atom. The second-order valence-corrected chi connectivity index (χ2v) is 4.88. The molecule has 19 heavy (non-hydrogen) atoms. The summed E-state index contributed by atoms with van der Waals surface area (Å²) in [6.07, 6.45) is 0.991. The lowest BCUT2D eigenvalue weighted by Crippen LogP contribution is -2.32. The van der Waals surface area contributed by atoms with Crippen LogP contribution in [0.2, 0.25) is 0 Å². The molecule has 0 amide bonds. The van der Waals surface area contributed by atoms with E-state index in [1.165, 1.54) is 12.1 Å². The van der Waals surface area contributed by atoms with E-state index in [4.69, 9.17) is 10.2 Å². The maximum Gasteiger partial charge on any atom is 0.125 e. The summed E-state index contributed by atoms with van der Waals surface area (Å²) in [5.74, 6) is -0.307. The van der Waals surface area contributed by atoms with Gasteiger partial charge in [-0.05, 0) is 36.7 Å². The van der Waals surface area contributed by atoms with E-state index in [2.05, 4.69) is 9.80 Å². The van der Waals surface area contributed by atoms with E-state index in [-0.39, 0.29) is 19.0 Å². The Balaban J connectivity index is 2.07. The zero-order valence-electron chi connectivity index (χ0n) is 11.1. The lowest BCUT2D eigenvalue weighted by atomic mass is 10.2. The van der Waals surface area contributed by atoms with E-state index in [0.717, 1.165) is 38.3 Å². The van der Waals surface area contributed by atoms with Crippen LogP contribution in [0, 0.1) is 5.82 Å². The fraction of sp³-hybridized carbons (Fsp3) is 0.571. The van der Waals surface area contributed by atoms with Crippen molar-refractivity contribution in [3.63, 3.8) is 0 Å². The molecular formula is C14H21FN2O2. The smallest absolute Gasteiger partial charge is 0.125 e. The molecule has 1 aromatic carbocycles. The van der Waals surface area contributed by atoms with Crippen LogP contribution in [0.15, 0.2) is 18.2 Å². The fourth-order valence-corrected chi connectivity index (χ4v) is 2.50. The van der Waals surface area contributed by atoms with Crippen LogP contribution in [-0.4, -0.2) is 54.4 Å². The number of halogens is 1. The first-order valence-corrected chi connectivity index (χ1v) is 6.71. The first-order chi connectivity index (χ1) is 9.22. The summed E-state index contributed by atoms with van der Waals surface area (Å²) in [6.45, 7) is 4.23. The summed E-state index contributed by atoms with van der Waals surface area (Å²) < 4.78 is 13.5. The number of β-amino-alcohol motifs (C(OH)–C–C–N with tert-alkyl or cyclic N) is 1. The number of rotatable bonds is 4. The summed E-state index contributed by atoms with van der Waals surface area (Å²) in [6, 6.07) is 4.71. The molecule has 1 aliphatic heterocycles. The van der Waals surface area contributed by atoms with Crippen molar-refractivity contribution in [3.05, 3.63) is 29.6 Å². The SMILES string of the molecule is OCCN1CCCN(c2cc(F)cc(CO)c2)CC1. The number of aliphatic hydroxyl groups is 2. The van der Waals surface area contributed by atoms with E-state index < -0.39 is 0 Å². The quantitative estimate of drug-likeness (QED) is 0.849. The van der Waals surface area contributed by atoms with Crippen LogP contribution >= 0.6 is 0 Å². The molecule has 0 aromatic heterocycles. The largest absolute Gasteiger partial charge is 0.395 e. The highest BCUT2D eigenvalue weighted by molar-refractivity contribution is 5.49. The fourth-order valence-electron chi connectivity index (χ4n) is 2.50. The zero-order chi connectivity index (χ0) is 13.7. The molecule has 0 radical (unpaired) electrons. The average molecular weight is 268 g/mol. The van der Waals surface area contributed by atoms with Gasteiger partial charge in [0.25, 0.3) is 0 Å². The Kier molecular flexibility index (Phi) is 5.13. The Hall–Kier alpha value is -1.17. The molecule has 4 nitrogen and oxygen atoms in total. The van der Waals surface area contributed by atoms with Gasteiger partial charge in [0.15, 0.2) is 0 Å². The van der Waals surface area contributed by atoms with Crippen molar-refractivity contribution in [3.8, 4) is 0 Å². The molecule has 0 unspecified atom stereocenters. The topological polar surface area (TPSA) is 46.9 Å². The second-order valence-electron chi connectivity index (χ2n) is 4.88. The summed E-state index contributed by atoms with van der Waals surface area (Å²) in [4.78, 5) is 4.35. The molecule has 1 aliphatic rings. The minimum absolute atomic E-state index is 0.144. The molecule has 1 fully saturated rings. The molecule has 5 heteroatoms. The number of hydrogen-bond acceptors (Lipinski definition) is 4. The van der Waals surface area contributed by atoms with E-state index in [0.29, 0.717) is 12.1 Å². The number of benzene rings is 1. The normalized spacial score (nSPS) is 17.5. The highest BCUT2D eigenvalue weighted by atomic mass is 19.1. The van der Waals surface area contributed by atoms with Gasteiger partial charge in [-0.1, -0.05) is 0 Å². The van der Waals surface area contributed by atoms with Crippen molar-refractivity contribution in [2.75, 3.05) is 44.2 Å². The van der Waals surface area contributed by atoms with Crippen LogP contribution < -0.4 is 4.90 Å². The van der Waals surface area contributed by atoms with Crippen LogP contribution in [-0.2, 0) is 6.61 Å². The maximum absolute atomic E-state index is 13.5. The van der Waals surface area contributed by atoms with Gasteiger partial charge in [-0.3, -0.25) is 4.90 Å². The summed E-state index contributed by atoms with van der Waals surface area (Å²) in [5.41, 5.74) is 1.43. The maximum atomic E-state index is 13.5. The average Bonchev–Trinajstić information content (AvgIpc) is 2.64. The molecule has 0 bridgehead atoms. The monoisotopic (exact) mass is 268 g/mol. The van der Waals surface area contributed by atoms with Crippen molar-refractivity contribution in [1.29, 1.82) is 0 Å². The van der Waals surface area contributed by atoms with Crippen LogP contribution in [0.25, 0.3) is 0 Å². The van der Waals surface area contributed by atoms with Gasteiger partial charge >= 0.3 is 0 Å². The number of anilines is 1. The van der Waals surface area contributed by atoms with Gasteiger partial charge in [-0.15, -0.1) is 0 Å². The molecular weight excluding hydrogens is 247 g/mol. The number of hydrogen-bond donors (Lipinski definition) is 2. The van der Waals surface area contributed by atoms with Crippen molar-refractivity contribution < 1.29 is 14.6 Å². The van der Waals surface area contributed by atoms with Gasteiger partial charge in [0.2, 0.25) is 0 Å². The third-order valence-electron chi connectivity index (χ3n) is 3.49. The van der Waals surface area contributed by atoms with E-state index in [9.17, 15) is 4.39 Å². The molecule has 0 spiro atoms. The van der Waals surface area contributed by atoms with Crippen molar-refractivity contribution in [1.82, 2.24) is 4.90 Å². The Bertz CT molecular complexity index is 414. The second kappa shape index (κ2) is 6.84. The zero-order valence-corrected chi connectivity index (χ0v) is 11.1. The predicted octanol–water partition coefficient (Wildman–Crippen LogP) is 0.822. The van der Waals surface area contributed by atoms with Crippen LogP contribution in [0.5, 0.6) is 0 Å². The molecule has 0 atom stereocenters. The molecule has 1 saturated heterocycles. The molecule has 0 aliphatic carbocycles. The van der Waals surface area contributed by atoms with Crippen molar-refractivity contribution in [2.24, 2.45) is 0 Å². The van der Waals surface area contributed by atoms with Gasteiger partial charge < -0.3 is 15.1 Å². The van der Waals surface area contributed by atoms with Gasteiger partial charge in [0, 0.05) is 31.9 Å². The lowest BCUT2D eigenvalue weighted by Gasteiger charge is -2.24. The first kappa shape index (κ1) is 14.2. The third-order valence-corrected chi connectivity index (χ3v) is 3.49. The highest BCUT2D eigenvalue weighted by Gasteiger charge is 2.15. The number of aliphatic hydroxyl groups excluding tert-OH is 2. The van der Waals surface area contributed by atoms with Crippen molar-refractivity contribution >= 4 is 5.69 Å². The molecule has 2 N–H and O–H groups in total. The summed E-state index contributed by atoms with van der Waals surface area (Å²) in [5, 5.41) is 18.1. The minimum Gasteiger partial charge on any atom is -0.395 e. The Labute approximate surface area is 113 Å². The third kappa shape index (κ3) is 3.89. The highest BCUT2D eigenvalue weighted by Crippen LogP contribution is 2.20. The first-order valence-electron chi connectivity index (χ1n) is 6.71. The predicted molar refractivity (Wildman–Crippen MR) is 72.7 cm³/mol. The van der Waals surface area contributed by atoms with Crippen LogP contribution in [0.3, 0.4) is 0 Å². The van der Waals surface area contributed by atoms with E-state index >= 15 is 0 Å². The molecule has 1 aromatic rings. The van der Waals surface area contributed by atoms with E-state index in [1.807, 2.05) is 6.07 Å². The van der Waals surface area contributed by atoms with Gasteiger partial charge in [-0.2, -0.15) is 0 Å². The van der Waals surface area contributed by atoms with Crippen molar-refractivity contribution in [2.45, 2.75) is 13.0 Å². The Morgan fingerprint density at radius 3 is 2.63 bits per heavy atom. The van der Waals surface area contributed by atoms with Gasteiger partial charge in [0.1, 0.15) is 5.82 Å². The lowest BCUT2D eigenvalue weighted by molar-refractivity contribution is 0.204. The summed E-state index contributed by atoms with van der Waals surface area (Å²) >= 11 is 0. The number of nitrogens with zero attached hydrogens (tertiary/aromatic N) is 2. The minimum atomic E-state index is -0.307. The molecule has 1 heterocycles. The van der Waals surface area contributed by atoms with Gasteiger partial charge in [-0.25, -0.2) is 4.39 Å². The molecule has 2 rings (SSSR count). The standard InChI is InChI=1S/C14H21FN2O2/c15-13-8-12(11-19)9-14(10-13)17-3-1-2-16(4-5-17)6-7-18/h8-10,18-19H,1-7,11H2. The van der Waals surface area contributed by atoms with E-state index in [1.54, 1.807) is 0 Å².